The lowest BCUT2D eigenvalue weighted by molar-refractivity contribution is -0.658. The van der Waals surface area contributed by atoms with Crippen molar-refractivity contribution >= 4 is 39.4 Å². The highest BCUT2D eigenvalue weighted by Gasteiger charge is 2.47. The predicted molar refractivity (Wildman–Crippen MR) is 155 cm³/mol. The Morgan fingerprint density at radius 1 is 0.838 bits per heavy atom. The van der Waals surface area contributed by atoms with Crippen LogP contribution in [-0.4, -0.2) is 24.2 Å². The molecule has 37 heavy (non-hydrogen) atoms. The molecule has 1 aromatic heterocycles. The molecule has 1 aliphatic heterocycles. The fraction of sp³-hybridized carbons (Fsp3) is 0.469. The van der Waals surface area contributed by atoms with Gasteiger partial charge >= 0.3 is 0 Å². The fourth-order valence-electron chi connectivity index (χ4n) is 7.09. The molecule has 2 spiro atoms. The van der Waals surface area contributed by atoms with Gasteiger partial charge in [0.05, 0.1) is 0 Å². The van der Waals surface area contributed by atoms with E-state index in [9.17, 15) is 0 Å². The van der Waals surface area contributed by atoms with Crippen molar-refractivity contribution in [2.45, 2.75) is 81.8 Å². The second-order valence-corrected chi connectivity index (χ2v) is 12.5. The molecule has 1 N–H and O–H groups in total. The van der Waals surface area contributed by atoms with Crippen molar-refractivity contribution in [3.8, 4) is 0 Å². The summed E-state index contributed by atoms with van der Waals surface area (Å²) in [4.78, 5) is 2.73. The number of halogens is 1. The third kappa shape index (κ3) is 5.60. The number of allylic oxidation sites excluding steroid dienone is 1. The molecule has 196 valence electrons. The molecular weight excluding hydrogens is 538 g/mol. The zero-order valence-corrected chi connectivity index (χ0v) is 24.3. The standard InChI is InChI=1S/C32H40N3S.BrH/c1-2-23-35-28-11-5-6-12-29(28)36-30(35)18-15-26-13-16-27(17-14-26)34-24-31(19-7-3-8-20-31)33-32(25-34)21-9-4-10-22-32;/h2,5-6,11-18,33H,1,3-4,7-10,19-25H2;1H/q+1;/p-1. The Kier molecular flexibility index (Phi) is 8.23. The number of hydrogen-bond acceptors (Lipinski definition) is 3. The van der Waals surface area contributed by atoms with Crippen molar-refractivity contribution in [2.75, 3.05) is 18.0 Å². The Morgan fingerprint density at radius 3 is 2.08 bits per heavy atom. The van der Waals surface area contributed by atoms with E-state index < -0.39 is 0 Å². The normalized spacial score (nSPS) is 20.9. The van der Waals surface area contributed by atoms with E-state index in [0.29, 0.717) is 11.1 Å². The monoisotopic (exact) mass is 577 g/mol. The summed E-state index contributed by atoms with van der Waals surface area (Å²) < 4.78 is 3.67. The van der Waals surface area contributed by atoms with Crippen LogP contribution in [0.25, 0.3) is 22.4 Å². The van der Waals surface area contributed by atoms with E-state index in [1.54, 1.807) is 0 Å². The van der Waals surface area contributed by atoms with Crippen LogP contribution in [0.5, 0.6) is 0 Å². The van der Waals surface area contributed by atoms with Crippen LogP contribution in [0.15, 0.2) is 61.2 Å². The molecule has 6 rings (SSSR count). The van der Waals surface area contributed by atoms with Crippen LogP contribution in [0.3, 0.4) is 0 Å². The summed E-state index contributed by atoms with van der Waals surface area (Å²) in [6.07, 6.45) is 20.2. The summed E-state index contributed by atoms with van der Waals surface area (Å²) in [5.41, 5.74) is 4.56. The van der Waals surface area contributed by atoms with Gasteiger partial charge in [-0.05, 0) is 61.6 Å². The van der Waals surface area contributed by atoms with E-state index in [2.05, 4.69) is 82.0 Å². The smallest absolute Gasteiger partial charge is 0.263 e. The molecule has 0 atom stereocenters. The van der Waals surface area contributed by atoms with E-state index >= 15 is 0 Å². The third-order valence-corrected chi connectivity index (χ3v) is 9.89. The molecule has 3 nitrogen and oxygen atoms in total. The average molecular weight is 579 g/mol. The van der Waals surface area contributed by atoms with Gasteiger partial charge < -0.3 is 27.2 Å². The maximum Gasteiger partial charge on any atom is 0.263 e. The molecule has 3 aromatic rings. The van der Waals surface area contributed by atoms with Crippen molar-refractivity contribution in [3.63, 3.8) is 0 Å². The van der Waals surface area contributed by atoms with Gasteiger partial charge in [0.15, 0.2) is 6.54 Å². The number of anilines is 1. The quantitative estimate of drug-likeness (QED) is 0.359. The van der Waals surface area contributed by atoms with Gasteiger partial charge in [0.1, 0.15) is 4.70 Å². The van der Waals surface area contributed by atoms with Gasteiger partial charge in [-0.25, -0.2) is 0 Å². The lowest BCUT2D eigenvalue weighted by atomic mass is 9.72. The first-order valence-corrected chi connectivity index (χ1v) is 14.8. The summed E-state index contributed by atoms with van der Waals surface area (Å²) in [6.45, 7) is 7.12. The van der Waals surface area contributed by atoms with Gasteiger partial charge in [-0.15, -0.1) is 0 Å². The topological polar surface area (TPSA) is 19.1 Å². The number of nitrogens with one attached hydrogen (secondary N) is 1. The summed E-state index contributed by atoms with van der Waals surface area (Å²) in [7, 11) is 0. The minimum absolute atomic E-state index is 0. The molecule has 5 heteroatoms. The molecule has 2 heterocycles. The molecule has 0 bridgehead atoms. The van der Waals surface area contributed by atoms with Crippen LogP contribution in [0.4, 0.5) is 5.69 Å². The molecule has 1 saturated heterocycles. The van der Waals surface area contributed by atoms with Crippen LogP contribution in [0, 0.1) is 0 Å². The van der Waals surface area contributed by atoms with E-state index in [1.165, 1.54) is 90.7 Å². The number of piperazine rings is 1. The largest absolute Gasteiger partial charge is 1.00 e. The van der Waals surface area contributed by atoms with E-state index in [0.717, 1.165) is 19.6 Å². The Balaban J connectivity index is 0.00000280. The first-order valence-electron chi connectivity index (χ1n) is 14.0. The number of thiazole rings is 1. The zero-order chi connectivity index (χ0) is 24.4. The van der Waals surface area contributed by atoms with Crippen molar-refractivity contribution in [2.24, 2.45) is 0 Å². The maximum absolute atomic E-state index is 4.30. The molecular formula is C32H40BrN3S. The number of hydrogen-bond donors (Lipinski definition) is 1. The number of para-hydroxylation sites is 1. The molecule has 0 unspecified atom stereocenters. The van der Waals surface area contributed by atoms with E-state index in [-0.39, 0.29) is 17.0 Å². The Hall–Kier alpha value is -1.95. The molecule has 2 saturated carbocycles. The minimum atomic E-state index is 0. The number of fused-ring (bicyclic) bond motifs is 1. The lowest BCUT2D eigenvalue weighted by Gasteiger charge is -2.57. The Labute approximate surface area is 237 Å². The second-order valence-electron chi connectivity index (χ2n) is 11.4. The Morgan fingerprint density at radius 2 is 1.46 bits per heavy atom. The number of rotatable bonds is 5. The number of aromatic nitrogens is 1. The summed E-state index contributed by atoms with van der Waals surface area (Å²) in [5, 5.41) is 5.56. The van der Waals surface area contributed by atoms with Crippen molar-refractivity contribution in [1.82, 2.24) is 5.32 Å². The third-order valence-electron chi connectivity index (χ3n) is 8.76. The predicted octanol–water partition coefficient (Wildman–Crippen LogP) is 4.36. The second kappa shape index (κ2) is 11.4. The average Bonchev–Trinajstić information content (AvgIpc) is 3.26. The number of benzene rings is 2. The van der Waals surface area contributed by atoms with Crippen LogP contribution in [-0.2, 0) is 6.54 Å². The Bertz CT molecular complexity index is 1210. The SMILES string of the molecule is C=CC[n+]1c(/C=C/c2ccc(N3CC4(CCCCC4)NC4(CCCCC4)C3)cc2)sc2ccccc21.[Br-]. The molecule has 3 aliphatic rings. The van der Waals surface area contributed by atoms with E-state index in [1.807, 2.05) is 17.4 Å². The van der Waals surface area contributed by atoms with Crippen molar-refractivity contribution < 1.29 is 21.5 Å². The van der Waals surface area contributed by atoms with Gasteiger partial charge in [-0.2, -0.15) is 4.57 Å². The van der Waals surface area contributed by atoms with Crippen LogP contribution < -0.4 is 31.8 Å². The number of nitrogens with zero attached hydrogens (tertiary/aromatic N) is 2. The highest BCUT2D eigenvalue weighted by molar-refractivity contribution is 7.18. The maximum atomic E-state index is 4.30. The molecule has 2 aliphatic carbocycles. The molecule has 0 radical (unpaired) electrons. The summed E-state index contributed by atoms with van der Waals surface area (Å²) in [6, 6.07) is 18.0. The minimum Gasteiger partial charge on any atom is -1.00 e. The fourth-order valence-corrected chi connectivity index (χ4v) is 8.17. The van der Waals surface area contributed by atoms with Crippen LogP contribution in [0.1, 0.15) is 74.8 Å². The van der Waals surface area contributed by atoms with Gasteiger partial charge in [0.2, 0.25) is 5.52 Å². The molecule has 0 amide bonds. The summed E-state index contributed by atoms with van der Waals surface area (Å²) in [5.74, 6) is 0. The lowest BCUT2D eigenvalue weighted by Crippen LogP contribution is -3.00. The van der Waals surface area contributed by atoms with E-state index in [4.69, 9.17) is 0 Å². The van der Waals surface area contributed by atoms with Crippen molar-refractivity contribution in [3.05, 3.63) is 71.8 Å². The van der Waals surface area contributed by atoms with Gasteiger partial charge in [-0.1, -0.05) is 80.7 Å². The van der Waals surface area contributed by atoms with Crippen LogP contribution >= 0.6 is 11.3 Å². The van der Waals surface area contributed by atoms with Gasteiger partial charge in [0.25, 0.3) is 5.01 Å². The molecule has 3 fully saturated rings. The summed E-state index contributed by atoms with van der Waals surface area (Å²) >= 11 is 1.85. The van der Waals surface area contributed by atoms with Crippen molar-refractivity contribution in [1.29, 1.82) is 0 Å². The van der Waals surface area contributed by atoms with Crippen LogP contribution in [0.2, 0.25) is 0 Å². The van der Waals surface area contributed by atoms with Gasteiger partial charge in [-0.3, -0.25) is 0 Å². The zero-order valence-electron chi connectivity index (χ0n) is 21.9. The first kappa shape index (κ1) is 26.6. The highest BCUT2D eigenvalue weighted by Crippen LogP contribution is 2.41. The molecule has 2 aromatic carbocycles. The highest BCUT2D eigenvalue weighted by atomic mass is 79.9. The first-order chi connectivity index (χ1) is 17.7. The van der Waals surface area contributed by atoms with Gasteiger partial charge in [0, 0.05) is 42.0 Å².